The Morgan fingerprint density at radius 2 is 1.75 bits per heavy atom. The number of ether oxygens (including phenoxy) is 4. The normalized spacial score (nSPS) is 38.2. The van der Waals surface area contributed by atoms with E-state index in [0.717, 1.165) is 0 Å². The van der Waals surface area contributed by atoms with E-state index in [1.165, 1.54) is 0 Å². The third-order valence-corrected chi connectivity index (χ3v) is 4.09. The van der Waals surface area contributed by atoms with E-state index in [4.69, 9.17) is 29.2 Å². The van der Waals surface area contributed by atoms with Crippen molar-refractivity contribution >= 4 is 11.9 Å². The zero-order valence-electron chi connectivity index (χ0n) is 10.7. The topological polar surface area (TPSA) is 112 Å². The summed E-state index contributed by atoms with van der Waals surface area (Å²) in [5.41, 5.74) is 0. The SMILES string of the molecule is O=C(O)C[C@H]1[C@@H](CC(=O)O)C2(OCCO2)[C@@H]2OC[C@H]1O2. The lowest BCUT2D eigenvalue weighted by Gasteiger charge is -2.45. The predicted molar refractivity (Wildman–Crippen MR) is 60.7 cm³/mol. The number of carboxylic acid groups (broad SMARTS) is 2. The van der Waals surface area contributed by atoms with Gasteiger partial charge in [-0.1, -0.05) is 0 Å². The highest BCUT2D eigenvalue weighted by Crippen LogP contribution is 2.50. The van der Waals surface area contributed by atoms with Gasteiger partial charge in [0.2, 0.25) is 12.1 Å². The number of aliphatic carboxylic acids is 2. The fourth-order valence-corrected chi connectivity index (χ4v) is 3.34. The number of fused-ring (bicyclic) bond motifs is 3. The summed E-state index contributed by atoms with van der Waals surface area (Å²) in [7, 11) is 0. The van der Waals surface area contributed by atoms with Gasteiger partial charge in [0.1, 0.15) is 0 Å². The average Bonchev–Trinajstić information content (AvgIpc) is 2.99. The largest absolute Gasteiger partial charge is 0.481 e. The van der Waals surface area contributed by atoms with Gasteiger partial charge in [0, 0.05) is 11.8 Å². The van der Waals surface area contributed by atoms with Crippen LogP contribution in [0.1, 0.15) is 12.8 Å². The fourth-order valence-electron chi connectivity index (χ4n) is 3.34. The Labute approximate surface area is 114 Å². The molecule has 4 atom stereocenters. The van der Waals surface area contributed by atoms with Crippen LogP contribution in [0, 0.1) is 11.8 Å². The van der Waals surface area contributed by atoms with Crippen molar-refractivity contribution in [3.63, 3.8) is 0 Å². The molecule has 20 heavy (non-hydrogen) atoms. The molecule has 112 valence electrons. The van der Waals surface area contributed by atoms with Crippen molar-refractivity contribution in [2.45, 2.75) is 31.0 Å². The van der Waals surface area contributed by atoms with Gasteiger partial charge in [-0.2, -0.15) is 0 Å². The Balaban J connectivity index is 1.94. The second kappa shape index (κ2) is 4.96. The van der Waals surface area contributed by atoms with Crippen molar-refractivity contribution < 1.29 is 38.7 Å². The van der Waals surface area contributed by atoms with Gasteiger partial charge < -0.3 is 29.2 Å². The van der Waals surface area contributed by atoms with Gasteiger partial charge in [-0.25, -0.2) is 0 Å². The molecule has 3 rings (SSSR count). The van der Waals surface area contributed by atoms with E-state index in [1.54, 1.807) is 0 Å². The Morgan fingerprint density at radius 3 is 2.35 bits per heavy atom. The highest BCUT2D eigenvalue weighted by atomic mass is 16.8. The predicted octanol–water partition coefficient (Wildman–Crippen LogP) is -0.334. The molecule has 2 bridgehead atoms. The van der Waals surface area contributed by atoms with Gasteiger partial charge in [0.05, 0.1) is 38.8 Å². The molecule has 3 aliphatic heterocycles. The van der Waals surface area contributed by atoms with Crippen LogP contribution in [0.15, 0.2) is 0 Å². The van der Waals surface area contributed by atoms with Crippen molar-refractivity contribution in [2.24, 2.45) is 11.8 Å². The van der Waals surface area contributed by atoms with Gasteiger partial charge >= 0.3 is 11.9 Å². The summed E-state index contributed by atoms with van der Waals surface area (Å²) in [5, 5.41) is 18.2. The molecule has 0 aliphatic carbocycles. The minimum Gasteiger partial charge on any atom is -0.481 e. The number of hydrogen-bond donors (Lipinski definition) is 2. The molecule has 3 saturated heterocycles. The second-order valence-electron chi connectivity index (χ2n) is 5.22. The maximum atomic E-state index is 11.1. The quantitative estimate of drug-likeness (QED) is 0.723. The summed E-state index contributed by atoms with van der Waals surface area (Å²) in [5.74, 6) is -4.45. The van der Waals surface area contributed by atoms with Crippen LogP contribution in [-0.2, 0) is 28.5 Å². The summed E-state index contributed by atoms with van der Waals surface area (Å²) in [6.45, 7) is 0.848. The number of carbonyl (C=O) groups is 2. The van der Waals surface area contributed by atoms with Crippen LogP contribution in [0.3, 0.4) is 0 Å². The van der Waals surface area contributed by atoms with Crippen LogP contribution < -0.4 is 0 Å². The lowest BCUT2D eigenvalue weighted by molar-refractivity contribution is -0.340. The van der Waals surface area contributed by atoms with Crippen LogP contribution in [0.5, 0.6) is 0 Å². The molecule has 3 aliphatic rings. The van der Waals surface area contributed by atoms with Crippen LogP contribution in [0.4, 0.5) is 0 Å². The first kappa shape index (κ1) is 13.7. The molecule has 8 nitrogen and oxygen atoms in total. The monoisotopic (exact) mass is 288 g/mol. The molecular weight excluding hydrogens is 272 g/mol. The fraction of sp³-hybridized carbons (Fsp3) is 0.833. The van der Waals surface area contributed by atoms with E-state index < -0.39 is 42.0 Å². The highest BCUT2D eigenvalue weighted by molar-refractivity contribution is 5.69. The zero-order chi connectivity index (χ0) is 14.3. The average molecular weight is 288 g/mol. The number of rotatable bonds is 4. The van der Waals surface area contributed by atoms with Gasteiger partial charge in [-0.05, 0) is 0 Å². The molecule has 0 aromatic carbocycles. The Bertz CT molecular complexity index is 416. The van der Waals surface area contributed by atoms with Gasteiger partial charge in [-0.15, -0.1) is 0 Å². The summed E-state index contributed by atoms with van der Waals surface area (Å²) < 4.78 is 22.3. The summed E-state index contributed by atoms with van der Waals surface area (Å²) in [4.78, 5) is 22.2. The first-order valence-electron chi connectivity index (χ1n) is 6.51. The lowest BCUT2D eigenvalue weighted by Crippen LogP contribution is -2.58. The Hall–Kier alpha value is -1.22. The molecule has 0 aromatic rings. The van der Waals surface area contributed by atoms with E-state index in [0.29, 0.717) is 13.2 Å². The van der Waals surface area contributed by atoms with Crippen molar-refractivity contribution in [2.75, 3.05) is 19.8 Å². The summed E-state index contributed by atoms with van der Waals surface area (Å²) >= 11 is 0. The third-order valence-electron chi connectivity index (χ3n) is 4.09. The molecule has 0 radical (unpaired) electrons. The smallest absolute Gasteiger partial charge is 0.303 e. The minimum absolute atomic E-state index is 0.201. The Morgan fingerprint density at radius 1 is 1.10 bits per heavy atom. The number of hydrogen-bond acceptors (Lipinski definition) is 6. The van der Waals surface area contributed by atoms with Gasteiger partial charge in [0.15, 0.2) is 0 Å². The van der Waals surface area contributed by atoms with Crippen molar-refractivity contribution in [1.29, 1.82) is 0 Å². The molecule has 0 saturated carbocycles. The van der Waals surface area contributed by atoms with E-state index in [-0.39, 0.29) is 19.4 Å². The second-order valence-corrected chi connectivity index (χ2v) is 5.22. The van der Waals surface area contributed by atoms with Crippen LogP contribution in [-0.4, -0.2) is 60.2 Å². The molecule has 0 amide bonds. The van der Waals surface area contributed by atoms with Crippen molar-refractivity contribution in [3.8, 4) is 0 Å². The molecule has 2 N–H and O–H groups in total. The molecular formula is C12H16O8. The van der Waals surface area contributed by atoms with Gasteiger partial charge in [0.25, 0.3) is 0 Å². The lowest BCUT2D eigenvalue weighted by atomic mass is 9.76. The van der Waals surface area contributed by atoms with Crippen LogP contribution in [0.25, 0.3) is 0 Å². The van der Waals surface area contributed by atoms with E-state index in [9.17, 15) is 9.59 Å². The molecule has 1 spiro atoms. The third kappa shape index (κ3) is 2.08. The van der Waals surface area contributed by atoms with E-state index in [2.05, 4.69) is 0 Å². The maximum Gasteiger partial charge on any atom is 0.303 e. The van der Waals surface area contributed by atoms with Crippen LogP contribution >= 0.6 is 0 Å². The first-order valence-corrected chi connectivity index (χ1v) is 6.51. The summed E-state index contributed by atoms with van der Waals surface area (Å²) in [6.07, 6.45) is -1.66. The van der Waals surface area contributed by atoms with E-state index in [1.807, 2.05) is 0 Å². The van der Waals surface area contributed by atoms with Crippen molar-refractivity contribution in [3.05, 3.63) is 0 Å². The van der Waals surface area contributed by atoms with Crippen molar-refractivity contribution in [1.82, 2.24) is 0 Å². The first-order chi connectivity index (χ1) is 9.53. The highest BCUT2D eigenvalue weighted by Gasteiger charge is 2.64. The zero-order valence-corrected chi connectivity index (χ0v) is 10.7. The maximum absolute atomic E-state index is 11.1. The Kier molecular flexibility index (Phi) is 3.41. The molecule has 3 fully saturated rings. The van der Waals surface area contributed by atoms with E-state index >= 15 is 0 Å². The minimum atomic E-state index is -1.30. The molecule has 0 aromatic heterocycles. The number of carboxylic acids is 2. The van der Waals surface area contributed by atoms with Crippen LogP contribution in [0.2, 0.25) is 0 Å². The summed E-state index contributed by atoms with van der Waals surface area (Å²) in [6, 6.07) is 0. The molecule has 3 heterocycles. The molecule has 0 unspecified atom stereocenters. The van der Waals surface area contributed by atoms with Gasteiger partial charge in [-0.3, -0.25) is 9.59 Å². The molecule has 8 heteroatoms. The standard InChI is InChI=1S/C12H16O8/c13-9(14)3-6-7(4-10(15)16)12(18-1-2-19-12)11-17-5-8(6)20-11/h6-8,11H,1-5H2,(H,13,14)(H,15,16)/t6-,7+,8+,11+/m0/s1.